The van der Waals surface area contributed by atoms with E-state index >= 15 is 0 Å². The van der Waals surface area contributed by atoms with Crippen LogP contribution >= 0.6 is 23.2 Å². The lowest BCUT2D eigenvalue weighted by Crippen LogP contribution is -2.34. The Balaban J connectivity index is 1.98. The maximum atomic E-state index is 13.8. The molecule has 1 fully saturated rings. The highest BCUT2D eigenvalue weighted by molar-refractivity contribution is 7.89. The third kappa shape index (κ3) is 5.41. The maximum absolute atomic E-state index is 13.8. The van der Waals surface area contributed by atoms with Crippen molar-refractivity contribution < 1.29 is 17.6 Å². The van der Waals surface area contributed by atoms with Crippen LogP contribution in [0.25, 0.3) is 0 Å². The molecule has 4 nitrogen and oxygen atoms in total. The van der Waals surface area contributed by atoms with Gasteiger partial charge in [-0.15, -0.1) is 0 Å². The number of halogens is 3. The highest BCUT2D eigenvalue weighted by Crippen LogP contribution is 2.25. The van der Waals surface area contributed by atoms with E-state index in [0.717, 1.165) is 38.2 Å². The van der Waals surface area contributed by atoms with Gasteiger partial charge in [0.25, 0.3) is 0 Å². The lowest BCUT2D eigenvalue weighted by molar-refractivity contribution is 0.0993. The van der Waals surface area contributed by atoms with Crippen LogP contribution in [0.5, 0.6) is 0 Å². The van der Waals surface area contributed by atoms with Gasteiger partial charge in [0.05, 0.1) is 22.9 Å². The number of rotatable bonds is 6. The fourth-order valence-electron chi connectivity index (χ4n) is 2.75. The lowest BCUT2D eigenvalue weighted by atomic mass is 9.91. The van der Waals surface area contributed by atoms with Gasteiger partial charge in [-0.3, -0.25) is 4.79 Å². The molecular formula is C15H18Cl2FNO3S. The van der Waals surface area contributed by atoms with E-state index in [1.54, 1.807) is 0 Å². The number of hydrogen-bond donors (Lipinski definition) is 1. The lowest BCUT2D eigenvalue weighted by Gasteiger charge is -2.21. The smallest absolute Gasteiger partial charge is 0.212 e. The standard InChI is InChI=1S/C15H18Cl2FNO3S/c16-11-6-12(15(18)13(17)7-11)14(20)8-19-23(21,22)9-10-4-2-1-3-5-10/h6-7,10,19H,1-5,8-9H2. The summed E-state index contributed by atoms with van der Waals surface area (Å²) in [4.78, 5) is 12.0. The molecule has 2 rings (SSSR count). The monoisotopic (exact) mass is 381 g/mol. The van der Waals surface area contributed by atoms with Crippen molar-refractivity contribution in [1.82, 2.24) is 4.72 Å². The van der Waals surface area contributed by atoms with Crippen LogP contribution in [0.4, 0.5) is 4.39 Å². The van der Waals surface area contributed by atoms with Crippen LogP contribution in [-0.4, -0.2) is 26.5 Å². The van der Waals surface area contributed by atoms with Crippen molar-refractivity contribution in [2.75, 3.05) is 12.3 Å². The summed E-state index contributed by atoms with van der Waals surface area (Å²) >= 11 is 11.4. The summed E-state index contributed by atoms with van der Waals surface area (Å²) in [5.74, 6) is -1.49. The van der Waals surface area contributed by atoms with Crippen LogP contribution < -0.4 is 4.72 Å². The number of benzene rings is 1. The Kier molecular flexibility index (Phi) is 6.42. The first kappa shape index (κ1) is 18.6. The molecule has 1 aromatic carbocycles. The molecule has 8 heteroatoms. The minimum Gasteiger partial charge on any atom is -0.293 e. The molecule has 0 radical (unpaired) electrons. The van der Waals surface area contributed by atoms with E-state index in [0.29, 0.717) is 0 Å². The van der Waals surface area contributed by atoms with Crippen LogP contribution in [0.3, 0.4) is 0 Å². The van der Waals surface area contributed by atoms with Gasteiger partial charge in [-0.2, -0.15) is 0 Å². The van der Waals surface area contributed by atoms with Gasteiger partial charge in [0.2, 0.25) is 10.0 Å². The van der Waals surface area contributed by atoms with Crippen molar-refractivity contribution in [3.05, 3.63) is 33.6 Å². The number of ketones is 1. The minimum absolute atomic E-state index is 0.000928. The zero-order chi connectivity index (χ0) is 17.0. The largest absolute Gasteiger partial charge is 0.293 e. The van der Waals surface area contributed by atoms with Crippen LogP contribution in [0.15, 0.2) is 12.1 Å². The van der Waals surface area contributed by atoms with Crippen LogP contribution in [0, 0.1) is 11.7 Å². The second-order valence-electron chi connectivity index (χ2n) is 5.78. The van der Waals surface area contributed by atoms with E-state index in [4.69, 9.17) is 23.2 Å². The Morgan fingerprint density at radius 3 is 2.52 bits per heavy atom. The number of hydrogen-bond acceptors (Lipinski definition) is 3. The van der Waals surface area contributed by atoms with Gasteiger partial charge in [-0.05, 0) is 30.9 Å². The molecule has 1 saturated carbocycles. The molecule has 128 valence electrons. The van der Waals surface area contributed by atoms with Crippen LogP contribution in [0.1, 0.15) is 42.5 Å². The SMILES string of the molecule is O=C(CNS(=O)(=O)CC1CCCCC1)c1cc(Cl)cc(Cl)c1F. The maximum Gasteiger partial charge on any atom is 0.212 e. The quantitative estimate of drug-likeness (QED) is 0.601. The van der Waals surface area contributed by atoms with Crippen LogP contribution in [0.2, 0.25) is 10.0 Å². The fraction of sp³-hybridized carbons (Fsp3) is 0.533. The summed E-state index contributed by atoms with van der Waals surface area (Å²) in [5.41, 5.74) is -0.317. The first-order valence-electron chi connectivity index (χ1n) is 7.43. The predicted molar refractivity (Wildman–Crippen MR) is 89.1 cm³/mol. The van der Waals surface area contributed by atoms with Gasteiger partial charge in [0.1, 0.15) is 0 Å². The molecule has 1 aliphatic rings. The van der Waals surface area contributed by atoms with Crippen molar-refractivity contribution >= 4 is 39.0 Å². The van der Waals surface area contributed by atoms with E-state index in [1.165, 1.54) is 6.07 Å². The Morgan fingerprint density at radius 2 is 1.87 bits per heavy atom. The Hall–Kier alpha value is -0.690. The molecule has 0 saturated heterocycles. The van der Waals surface area contributed by atoms with Gasteiger partial charge in [0.15, 0.2) is 11.6 Å². The van der Waals surface area contributed by atoms with E-state index in [1.807, 2.05) is 0 Å². The van der Waals surface area contributed by atoms with Crippen molar-refractivity contribution in [3.8, 4) is 0 Å². The summed E-state index contributed by atoms with van der Waals surface area (Å²) in [6.07, 6.45) is 4.97. The average molecular weight is 382 g/mol. The van der Waals surface area contributed by atoms with Gasteiger partial charge in [0, 0.05) is 5.02 Å². The van der Waals surface area contributed by atoms with E-state index < -0.39 is 28.2 Å². The van der Waals surface area contributed by atoms with Crippen LogP contribution in [-0.2, 0) is 10.0 Å². The number of carbonyl (C=O) groups excluding carboxylic acids is 1. The molecule has 0 bridgehead atoms. The number of sulfonamides is 1. The van der Waals surface area contributed by atoms with Crippen molar-refractivity contribution in [3.63, 3.8) is 0 Å². The summed E-state index contributed by atoms with van der Waals surface area (Å²) in [7, 11) is -3.58. The molecule has 0 amide bonds. The number of Topliss-reactive ketones (excluding diaryl/α,β-unsaturated/α-hetero) is 1. The highest BCUT2D eigenvalue weighted by atomic mass is 35.5. The first-order valence-corrected chi connectivity index (χ1v) is 9.84. The van der Waals surface area contributed by atoms with Gasteiger partial charge >= 0.3 is 0 Å². The van der Waals surface area contributed by atoms with E-state index in [2.05, 4.69) is 4.72 Å². The van der Waals surface area contributed by atoms with E-state index in [-0.39, 0.29) is 27.3 Å². The molecule has 0 unspecified atom stereocenters. The molecule has 23 heavy (non-hydrogen) atoms. The molecule has 0 atom stereocenters. The molecule has 0 aliphatic heterocycles. The van der Waals surface area contributed by atoms with Crippen molar-refractivity contribution in [1.29, 1.82) is 0 Å². The molecule has 1 N–H and O–H groups in total. The normalized spacial score (nSPS) is 16.5. The molecule has 0 heterocycles. The van der Waals surface area contributed by atoms with Crippen molar-refractivity contribution in [2.45, 2.75) is 32.1 Å². The summed E-state index contributed by atoms with van der Waals surface area (Å²) in [6.45, 7) is -0.511. The Labute approximate surface area is 145 Å². The third-order valence-electron chi connectivity index (χ3n) is 3.93. The summed E-state index contributed by atoms with van der Waals surface area (Å²) in [6, 6.07) is 2.32. The third-order valence-corrected chi connectivity index (χ3v) is 5.91. The summed E-state index contributed by atoms with van der Waals surface area (Å²) in [5, 5.41) is -0.157. The predicted octanol–water partition coefficient (Wildman–Crippen LogP) is 3.81. The zero-order valence-electron chi connectivity index (χ0n) is 12.4. The molecular weight excluding hydrogens is 364 g/mol. The average Bonchev–Trinajstić information content (AvgIpc) is 2.49. The van der Waals surface area contributed by atoms with Gasteiger partial charge in [-0.1, -0.05) is 42.5 Å². The Bertz CT molecular complexity index is 688. The zero-order valence-corrected chi connectivity index (χ0v) is 14.8. The number of carbonyl (C=O) groups is 1. The molecule has 0 aromatic heterocycles. The first-order chi connectivity index (χ1) is 10.8. The van der Waals surface area contributed by atoms with E-state index in [9.17, 15) is 17.6 Å². The molecule has 1 aliphatic carbocycles. The second kappa shape index (κ2) is 7.92. The minimum atomic E-state index is -3.58. The topological polar surface area (TPSA) is 63.2 Å². The fourth-order valence-corrected chi connectivity index (χ4v) is 4.67. The van der Waals surface area contributed by atoms with Gasteiger partial charge in [-0.25, -0.2) is 17.5 Å². The van der Waals surface area contributed by atoms with Crippen molar-refractivity contribution in [2.24, 2.45) is 5.92 Å². The molecule has 0 spiro atoms. The number of nitrogens with one attached hydrogen (secondary N) is 1. The molecule has 1 aromatic rings. The second-order valence-corrected chi connectivity index (χ2v) is 8.47. The summed E-state index contributed by atoms with van der Waals surface area (Å²) < 4.78 is 40.2. The Morgan fingerprint density at radius 1 is 1.22 bits per heavy atom. The highest BCUT2D eigenvalue weighted by Gasteiger charge is 2.23. The van der Waals surface area contributed by atoms with Gasteiger partial charge < -0.3 is 0 Å².